The van der Waals surface area contributed by atoms with E-state index in [-0.39, 0.29) is 11.9 Å². The lowest BCUT2D eigenvalue weighted by Crippen LogP contribution is -2.37. The standard InChI is InChI=1S/C26H34N2O2/c1-4-28(5-2)17-20-8-9-22-15-24(16-23(22)14-20)27(3)26(29)21-10-12-25(13-11-21)30-18-19-6-7-19/h8-14,19,24H,4-7,15-18H2,1-3H3. The molecule has 0 heterocycles. The molecule has 2 aliphatic carbocycles. The second kappa shape index (κ2) is 9.22. The molecule has 0 saturated heterocycles. The van der Waals surface area contributed by atoms with Gasteiger partial charge in [0.25, 0.3) is 5.91 Å². The summed E-state index contributed by atoms with van der Waals surface area (Å²) in [5.41, 5.74) is 4.88. The fraction of sp³-hybridized carbons (Fsp3) is 0.500. The first kappa shape index (κ1) is 20.9. The summed E-state index contributed by atoms with van der Waals surface area (Å²) < 4.78 is 5.79. The molecular weight excluding hydrogens is 372 g/mol. The van der Waals surface area contributed by atoms with Crippen molar-refractivity contribution in [2.75, 3.05) is 26.7 Å². The molecule has 4 nitrogen and oxygen atoms in total. The van der Waals surface area contributed by atoms with Gasteiger partial charge in [0.05, 0.1) is 6.61 Å². The molecule has 0 N–H and O–H groups in total. The van der Waals surface area contributed by atoms with Gasteiger partial charge < -0.3 is 9.64 Å². The number of carbonyl (C=O) groups is 1. The van der Waals surface area contributed by atoms with Crippen molar-refractivity contribution in [2.24, 2.45) is 5.92 Å². The summed E-state index contributed by atoms with van der Waals surface area (Å²) in [5.74, 6) is 1.67. The van der Waals surface area contributed by atoms with Crippen molar-refractivity contribution in [3.8, 4) is 5.75 Å². The minimum absolute atomic E-state index is 0.0879. The third-order valence-electron chi connectivity index (χ3n) is 6.63. The Morgan fingerprint density at radius 3 is 2.37 bits per heavy atom. The van der Waals surface area contributed by atoms with E-state index in [2.05, 4.69) is 36.9 Å². The molecule has 4 heteroatoms. The molecule has 30 heavy (non-hydrogen) atoms. The lowest BCUT2D eigenvalue weighted by Gasteiger charge is -2.24. The molecule has 4 rings (SSSR count). The lowest BCUT2D eigenvalue weighted by atomic mass is 10.1. The largest absolute Gasteiger partial charge is 0.493 e. The second-order valence-electron chi connectivity index (χ2n) is 8.82. The van der Waals surface area contributed by atoms with E-state index >= 15 is 0 Å². The number of benzene rings is 2. The number of hydrogen-bond acceptors (Lipinski definition) is 3. The van der Waals surface area contributed by atoms with Gasteiger partial charge in [0, 0.05) is 25.2 Å². The van der Waals surface area contributed by atoms with Gasteiger partial charge in [-0.25, -0.2) is 0 Å². The van der Waals surface area contributed by atoms with Crippen LogP contribution in [0.1, 0.15) is 53.7 Å². The number of ether oxygens (including phenoxy) is 1. The first-order chi connectivity index (χ1) is 14.6. The van der Waals surface area contributed by atoms with E-state index in [0.29, 0.717) is 0 Å². The molecule has 2 aromatic carbocycles. The van der Waals surface area contributed by atoms with Crippen LogP contribution in [0.5, 0.6) is 5.75 Å². The molecular formula is C26H34N2O2. The van der Waals surface area contributed by atoms with Crippen LogP contribution in [0.3, 0.4) is 0 Å². The predicted molar refractivity (Wildman–Crippen MR) is 121 cm³/mol. The van der Waals surface area contributed by atoms with Crippen LogP contribution in [0.25, 0.3) is 0 Å². The van der Waals surface area contributed by atoms with E-state index < -0.39 is 0 Å². The Kier molecular flexibility index (Phi) is 6.43. The van der Waals surface area contributed by atoms with Crippen LogP contribution >= 0.6 is 0 Å². The summed E-state index contributed by atoms with van der Waals surface area (Å²) in [6.45, 7) is 8.34. The third kappa shape index (κ3) is 4.86. The van der Waals surface area contributed by atoms with Crippen molar-refractivity contribution >= 4 is 5.91 Å². The summed E-state index contributed by atoms with van der Waals surface area (Å²) in [7, 11) is 1.94. The van der Waals surface area contributed by atoms with Crippen LogP contribution in [0.4, 0.5) is 0 Å². The molecule has 0 spiro atoms. The van der Waals surface area contributed by atoms with Gasteiger partial charge in [-0.3, -0.25) is 9.69 Å². The number of likely N-dealkylation sites (N-methyl/N-ethyl adjacent to an activating group) is 1. The van der Waals surface area contributed by atoms with Crippen LogP contribution in [-0.4, -0.2) is 48.5 Å². The van der Waals surface area contributed by atoms with Gasteiger partial charge in [0.1, 0.15) is 5.75 Å². The molecule has 1 amide bonds. The Morgan fingerprint density at radius 2 is 1.70 bits per heavy atom. The molecule has 2 aliphatic rings. The van der Waals surface area contributed by atoms with Crippen molar-refractivity contribution < 1.29 is 9.53 Å². The highest BCUT2D eigenvalue weighted by atomic mass is 16.5. The van der Waals surface area contributed by atoms with E-state index in [0.717, 1.165) is 56.3 Å². The van der Waals surface area contributed by atoms with Crippen molar-refractivity contribution in [2.45, 2.75) is 52.1 Å². The van der Waals surface area contributed by atoms with Gasteiger partial charge in [-0.1, -0.05) is 32.0 Å². The van der Waals surface area contributed by atoms with E-state index in [9.17, 15) is 4.79 Å². The minimum atomic E-state index is 0.0879. The summed E-state index contributed by atoms with van der Waals surface area (Å²) >= 11 is 0. The smallest absolute Gasteiger partial charge is 0.253 e. The van der Waals surface area contributed by atoms with Gasteiger partial charge in [0.15, 0.2) is 0 Å². The van der Waals surface area contributed by atoms with Gasteiger partial charge in [-0.2, -0.15) is 0 Å². The van der Waals surface area contributed by atoms with Crippen LogP contribution in [0, 0.1) is 5.92 Å². The number of carbonyl (C=O) groups excluding carboxylic acids is 1. The van der Waals surface area contributed by atoms with Crippen LogP contribution in [-0.2, 0) is 19.4 Å². The molecule has 1 fully saturated rings. The molecule has 160 valence electrons. The van der Waals surface area contributed by atoms with Crippen LogP contribution in [0.2, 0.25) is 0 Å². The Hall–Kier alpha value is -2.33. The predicted octanol–water partition coefficient (Wildman–Crippen LogP) is 4.56. The first-order valence-corrected chi connectivity index (χ1v) is 11.4. The minimum Gasteiger partial charge on any atom is -0.493 e. The van der Waals surface area contributed by atoms with Crippen molar-refractivity contribution in [3.05, 3.63) is 64.7 Å². The van der Waals surface area contributed by atoms with Gasteiger partial charge in [0.2, 0.25) is 0 Å². The van der Waals surface area contributed by atoms with E-state index in [1.54, 1.807) is 0 Å². The number of nitrogens with zero attached hydrogens (tertiary/aromatic N) is 2. The van der Waals surface area contributed by atoms with Crippen molar-refractivity contribution in [1.29, 1.82) is 0 Å². The zero-order valence-corrected chi connectivity index (χ0v) is 18.6. The SMILES string of the molecule is CCN(CC)Cc1ccc2c(c1)CC(N(C)C(=O)c1ccc(OCC3CC3)cc1)C2. The fourth-order valence-corrected chi connectivity index (χ4v) is 4.29. The molecule has 0 aromatic heterocycles. The Morgan fingerprint density at radius 1 is 1.00 bits per heavy atom. The molecule has 1 atom stereocenters. The molecule has 0 bridgehead atoms. The zero-order chi connectivity index (χ0) is 21.1. The monoisotopic (exact) mass is 406 g/mol. The van der Waals surface area contributed by atoms with E-state index in [1.807, 2.05) is 36.2 Å². The second-order valence-corrected chi connectivity index (χ2v) is 8.82. The summed E-state index contributed by atoms with van der Waals surface area (Å²) in [6.07, 6.45) is 4.43. The molecule has 0 aliphatic heterocycles. The maximum atomic E-state index is 13.0. The molecule has 0 radical (unpaired) electrons. The van der Waals surface area contributed by atoms with E-state index in [4.69, 9.17) is 4.74 Å². The third-order valence-corrected chi connectivity index (χ3v) is 6.63. The normalized spacial score (nSPS) is 17.8. The highest BCUT2D eigenvalue weighted by Crippen LogP contribution is 2.30. The van der Waals surface area contributed by atoms with Crippen LogP contribution < -0.4 is 4.74 Å². The topological polar surface area (TPSA) is 32.8 Å². The number of rotatable bonds is 9. The fourth-order valence-electron chi connectivity index (χ4n) is 4.29. The van der Waals surface area contributed by atoms with Crippen molar-refractivity contribution in [3.63, 3.8) is 0 Å². The Labute approximate surface area is 180 Å². The number of amides is 1. The van der Waals surface area contributed by atoms with Gasteiger partial charge in [-0.05, 0) is 85.6 Å². The van der Waals surface area contributed by atoms with Gasteiger partial charge in [-0.15, -0.1) is 0 Å². The quantitative estimate of drug-likeness (QED) is 0.612. The highest BCUT2D eigenvalue weighted by molar-refractivity contribution is 5.94. The molecule has 2 aromatic rings. The first-order valence-electron chi connectivity index (χ1n) is 11.4. The molecule has 1 saturated carbocycles. The van der Waals surface area contributed by atoms with Gasteiger partial charge >= 0.3 is 0 Å². The van der Waals surface area contributed by atoms with Crippen LogP contribution in [0.15, 0.2) is 42.5 Å². The van der Waals surface area contributed by atoms with Crippen molar-refractivity contribution in [1.82, 2.24) is 9.80 Å². The summed E-state index contributed by atoms with van der Waals surface area (Å²) in [4.78, 5) is 17.4. The highest BCUT2D eigenvalue weighted by Gasteiger charge is 2.28. The average Bonchev–Trinajstić information content (AvgIpc) is 3.52. The number of fused-ring (bicyclic) bond motifs is 1. The maximum absolute atomic E-state index is 13.0. The van der Waals surface area contributed by atoms with E-state index in [1.165, 1.54) is 29.5 Å². The number of hydrogen-bond donors (Lipinski definition) is 0. The summed E-state index contributed by atoms with van der Waals surface area (Å²) in [6, 6.07) is 14.7. The summed E-state index contributed by atoms with van der Waals surface area (Å²) in [5, 5.41) is 0. The average molecular weight is 407 g/mol. The Bertz CT molecular complexity index is 869. The zero-order valence-electron chi connectivity index (χ0n) is 18.6. The molecule has 1 unspecified atom stereocenters. The Balaban J connectivity index is 1.36. The lowest BCUT2D eigenvalue weighted by molar-refractivity contribution is 0.0737. The maximum Gasteiger partial charge on any atom is 0.253 e.